The summed E-state index contributed by atoms with van der Waals surface area (Å²) >= 11 is 6.13. The van der Waals surface area contributed by atoms with Crippen molar-refractivity contribution in [3.05, 3.63) is 88.1 Å². The van der Waals surface area contributed by atoms with E-state index < -0.39 is 23.9 Å². The lowest BCUT2D eigenvalue weighted by Crippen LogP contribution is -2.50. The van der Waals surface area contributed by atoms with Gasteiger partial charge in [0.05, 0.1) is 5.57 Å². The maximum atomic E-state index is 13.1. The smallest absolute Gasteiger partial charge is 0.349 e. The van der Waals surface area contributed by atoms with Crippen LogP contribution in [0.4, 0.5) is 4.79 Å². The summed E-state index contributed by atoms with van der Waals surface area (Å²) in [6.45, 7) is 3.07. The van der Waals surface area contributed by atoms with E-state index in [-0.39, 0.29) is 12.1 Å². The van der Waals surface area contributed by atoms with Crippen molar-refractivity contribution in [3.63, 3.8) is 0 Å². The Morgan fingerprint density at radius 1 is 1.19 bits per heavy atom. The molecular formula is C23H22ClN3O4. The zero-order chi connectivity index (χ0) is 22.4. The fourth-order valence-electron chi connectivity index (χ4n) is 3.23. The number of nitrogens with zero attached hydrogens (tertiary/aromatic N) is 1. The molecule has 8 heteroatoms. The highest BCUT2D eigenvalue weighted by molar-refractivity contribution is 6.30. The summed E-state index contributed by atoms with van der Waals surface area (Å²) in [5.74, 6) is -1.09. The molecule has 2 aromatic carbocycles. The number of urea groups is 1. The minimum atomic E-state index is -0.950. The largest absolute Gasteiger partial charge is 0.355 e. The monoisotopic (exact) mass is 439 g/mol. The van der Waals surface area contributed by atoms with Crippen molar-refractivity contribution in [1.29, 1.82) is 0 Å². The van der Waals surface area contributed by atoms with Crippen LogP contribution in [0, 0.1) is 0 Å². The van der Waals surface area contributed by atoms with Crippen LogP contribution in [0.1, 0.15) is 31.0 Å². The molecule has 3 rings (SSSR count). The Balaban J connectivity index is 1.87. The molecule has 1 heterocycles. The molecule has 7 nitrogen and oxygen atoms in total. The molecule has 160 valence electrons. The molecule has 1 aliphatic rings. The molecule has 0 saturated carbocycles. The number of nitrogens with one attached hydrogen (secondary N) is 2. The van der Waals surface area contributed by atoms with Crippen molar-refractivity contribution in [2.24, 2.45) is 0 Å². The molecular weight excluding hydrogens is 418 g/mol. The van der Waals surface area contributed by atoms with Gasteiger partial charge in [0.15, 0.2) is 0 Å². The second kappa shape index (κ2) is 9.95. The van der Waals surface area contributed by atoms with Gasteiger partial charge in [-0.1, -0.05) is 66.2 Å². The summed E-state index contributed by atoms with van der Waals surface area (Å²) in [7, 11) is 0. The first-order chi connectivity index (χ1) is 14.9. The molecule has 1 aliphatic heterocycles. The molecule has 1 atom stereocenters. The summed E-state index contributed by atoms with van der Waals surface area (Å²) in [5, 5.41) is 6.68. The first kappa shape index (κ1) is 22.1. The Morgan fingerprint density at radius 3 is 2.61 bits per heavy atom. The molecule has 2 aromatic rings. The van der Waals surface area contributed by atoms with Crippen LogP contribution in [0.2, 0.25) is 5.02 Å². The van der Waals surface area contributed by atoms with E-state index in [1.54, 1.807) is 31.2 Å². The molecule has 0 radical (unpaired) electrons. The van der Waals surface area contributed by atoms with Gasteiger partial charge in [0.1, 0.15) is 6.04 Å². The Kier molecular flexibility index (Phi) is 7.10. The van der Waals surface area contributed by atoms with E-state index in [0.29, 0.717) is 16.3 Å². The highest BCUT2D eigenvalue weighted by Gasteiger charge is 2.40. The number of benzene rings is 2. The maximum Gasteiger partial charge on any atom is 0.355 e. The van der Waals surface area contributed by atoms with Gasteiger partial charge in [-0.15, -0.1) is 5.06 Å². The second-order valence-corrected chi connectivity index (χ2v) is 7.29. The van der Waals surface area contributed by atoms with Crippen LogP contribution in [0.25, 0.3) is 6.08 Å². The van der Waals surface area contributed by atoms with Crippen LogP contribution in [-0.2, 0) is 14.4 Å². The van der Waals surface area contributed by atoms with Gasteiger partial charge in [0.25, 0.3) is 5.91 Å². The Labute approximate surface area is 185 Å². The van der Waals surface area contributed by atoms with Gasteiger partial charge in [-0.3, -0.25) is 9.59 Å². The maximum absolute atomic E-state index is 13.1. The molecule has 2 N–H and O–H groups in total. The first-order valence-corrected chi connectivity index (χ1v) is 9.99. The van der Waals surface area contributed by atoms with Gasteiger partial charge in [0.2, 0.25) is 0 Å². The minimum Gasteiger partial charge on any atom is -0.349 e. The Morgan fingerprint density at radius 2 is 1.94 bits per heavy atom. The molecule has 1 unspecified atom stereocenters. The third-order valence-corrected chi connectivity index (χ3v) is 4.77. The average Bonchev–Trinajstić information content (AvgIpc) is 2.73. The number of rotatable bonds is 6. The van der Waals surface area contributed by atoms with Crippen LogP contribution < -0.4 is 10.6 Å². The standard InChI is InChI=1S/C23H22ClN3O4/c1-15-20(22(29)25-13-7-10-17-8-4-3-5-9-17)21(18-11-6-12-19(24)14-18)27(23(30)26-15)31-16(2)28/h3-12,14,21H,13H2,1-2H3,(H,25,29)(H,26,30)/b10-7+. The Hall–Kier alpha value is -3.58. The van der Waals surface area contributed by atoms with Crippen molar-refractivity contribution < 1.29 is 19.2 Å². The summed E-state index contributed by atoms with van der Waals surface area (Å²) in [5.41, 5.74) is 2.15. The lowest BCUT2D eigenvalue weighted by atomic mass is 9.94. The molecule has 0 aliphatic carbocycles. The van der Waals surface area contributed by atoms with E-state index in [0.717, 1.165) is 10.6 Å². The number of allylic oxidation sites excluding steroid dienone is 1. The summed E-state index contributed by atoms with van der Waals surface area (Å²) in [4.78, 5) is 42.3. The highest BCUT2D eigenvalue weighted by Crippen LogP contribution is 2.35. The molecule has 0 bridgehead atoms. The molecule has 31 heavy (non-hydrogen) atoms. The molecule has 0 saturated heterocycles. The fraction of sp³-hybridized carbons (Fsp3) is 0.174. The van der Waals surface area contributed by atoms with Crippen LogP contribution >= 0.6 is 11.6 Å². The summed E-state index contributed by atoms with van der Waals surface area (Å²) in [6.07, 6.45) is 3.71. The van der Waals surface area contributed by atoms with Gasteiger partial charge >= 0.3 is 12.0 Å². The quantitative estimate of drug-likeness (QED) is 0.712. The molecule has 0 aromatic heterocycles. The van der Waals surface area contributed by atoms with Gasteiger partial charge < -0.3 is 15.5 Å². The van der Waals surface area contributed by atoms with E-state index in [1.807, 2.05) is 42.5 Å². The van der Waals surface area contributed by atoms with E-state index >= 15 is 0 Å². The number of carbonyl (C=O) groups excluding carboxylic acids is 3. The zero-order valence-corrected chi connectivity index (χ0v) is 17.8. The summed E-state index contributed by atoms with van der Waals surface area (Å²) < 4.78 is 0. The van der Waals surface area contributed by atoms with Gasteiger partial charge in [0, 0.05) is 24.2 Å². The van der Waals surface area contributed by atoms with Crippen molar-refractivity contribution in [2.45, 2.75) is 19.9 Å². The lowest BCUT2D eigenvalue weighted by Gasteiger charge is -2.35. The predicted octanol–water partition coefficient (Wildman–Crippen LogP) is 3.99. The van der Waals surface area contributed by atoms with Crippen LogP contribution in [0.15, 0.2) is 71.9 Å². The van der Waals surface area contributed by atoms with Crippen LogP contribution in [0.5, 0.6) is 0 Å². The summed E-state index contributed by atoms with van der Waals surface area (Å²) in [6, 6.07) is 14.8. The van der Waals surface area contributed by atoms with E-state index in [9.17, 15) is 14.4 Å². The topological polar surface area (TPSA) is 87.7 Å². The van der Waals surface area contributed by atoms with E-state index in [2.05, 4.69) is 10.6 Å². The third kappa shape index (κ3) is 5.52. The Bertz CT molecular complexity index is 1050. The molecule has 3 amide bonds. The number of amides is 3. The zero-order valence-electron chi connectivity index (χ0n) is 17.1. The third-order valence-electron chi connectivity index (χ3n) is 4.53. The first-order valence-electron chi connectivity index (χ1n) is 9.61. The number of hydrogen-bond donors (Lipinski definition) is 2. The second-order valence-electron chi connectivity index (χ2n) is 6.86. The highest BCUT2D eigenvalue weighted by atomic mass is 35.5. The van der Waals surface area contributed by atoms with E-state index in [4.69, 9.17) is 16.4 Å². The minimum absolute atomic E-state index is 0.247. The van der Waals surface area contributed by atoms with Crippen molar-refractivity contribution in [2.75, 3.05) is 6.54 Å². The van der Waals surface area contributed by atoms with Crippen LogP contribution in [-0.4, -0.2) is 29.5 Å². The van der Waals surface area contributed by atoms with Gasteiger partial charge in [-0.25, -0.2) is 4.79 Å². The van der Waals surface area contributed by atoms with Crippen molar-refractivity contribution in [3.8, 4) is 0 Å². The van der Waals surface area contributed by atoms with E-state index in [1.165, 1.54) is 6.92 Å². The number of carbonyl (C=O) groups is 3. The molecule has 0 fully saturated rings. The number of hydroxylamine groups is 2. The normalized spacial score (nSPS) is 16.3. The lowest BCUT2D eigenvalue weighted by molar-refractivity contribution is -0.181. The molecule has 0 spiro atoms. The number of halogens is 1. The average molecular weight is 440 g/mol. The predicted molar refractivity (Wildman–Crippen MR) is 118 cm³/mol. The van der Waals surface area contributed by atoms with Gasteiger partial charge in [-0.2, -0.15) is 0 Å². The number of hydrogen-bond acceptors (Lipinski definition) is 4. The van der Waals surface area contributed by atoms with Crippen molar-refractivity contribution >= 4 is 35.6 Å². The SMILES string of the molecule is CC(=O)ON1C(=O)NC(C)=C(C(=O)NC/C=C/c2ccccc2)C1c1cccc(Cl)c1. The van der Waals surface area contributed by atoms with Crippen LogP contribution in [0.3, 0.4) is 0 Å². The van der Waals surface area contributed by atoms with Gasteiger partial charge in [-0.05, 0) is 30.2 Å². The van der Waals surface area contributed by atoms with Crippen molar-refractivity contribution in [1.82, 2.24) is 15.7 Å². The fourth-order valence-corrected chi connectivity index (χ4v) is 3.43.